The molecule has 0 unspecified atom stereocenters. The number of rotatable bonds is 7. The molecule has 0 radical (unpaired) electrons. The van der Waals surface area contributed by atoms with Gasteiger partial charge in [0.05, 0.1) is 11.9 Å². The first-order valence-corrected chi connectivity index (χ1v) is 10.1. The molecule has 0 bridgehead atoms. The Labute approximate surface area is 150 Å². The van der Waals surface area contributed by atoms with Crippen molar-refractivity contribution >= 4 is 21.6 Å². The number of likely N-dealkylation sites (N-methyl/N-ethyl adjacent to an activating group) is 1. The quantitative estimate of drug-likeness (QED) is 0.786. The van der Waals surface area contributed by atoms with Crippen molar-refractivity contribution in [1.29, 1.82) is 0 Å². The third-order valence-corrected chi connectivity index (χ3v) is 5.82. The summed E-state index contributed by atoms with van der Waals surface area (Å²) in [4.78, 5) is 14.1. The molecule has 25 heavy (non-hydrogen) atoms. The van der Waals surface area contributed by atoms with Crippen LogP contribution in [0.5, 0.6) is 5.75 Å². The lowest BCUT2D eigenvalue weighted by Crippen LogP contribution is -2.47. The Hall–Kier alpha value is -1.64. The molecule has 1 heterocycles. The van der Waals surface area contributed by atoms with Gasteiger partial charge in [-0.1, -0.05) is 0 Å². The zero-order valence-electron chi connectivity index (χ0n) is 15.1. The molecule has 1 N–H and O–H groups in total. The summed E-state index contributed by atoms with van der Waals surface area (Å²) in [5.41, 5.74) is 0.623. The normalized spacial score (nSPS) is 16.8. The molecule has 0 spiro atoms. The number of carbonyl (C=O) groups excluding carboxylic acids is 1. The maximum atomic E-state index is 12.3. The van der Waals surface area contributed by atoms with Crippen LogP contribution < -0.4 is 10.1 Å². The molecule has 0 aliphatic carbocycles. The van der Waals surface area contributed by atoms with Crippen LogP contribution in [0.25, 0.3) is 0 Å². The highest BCUT2D eigenvalue weighted by molar-refractivity contribution is 7.89. The topological polar surface area (TPSA) is 78.9 Å². The van der Waals surface area contributed by atoms with Gasteiger partial charge in [-0.05, 0) is 45.2 Å². The maximum absolute atomic E-state index is 12.3. The van der Waals surface area contributed by atoms with Gasteiger partial charge in [0.2, 0.25) is 15.9 Å². The molecule has 2 rings (SSSR count). The Balaban J connectivity index is 1.81. The van der Waals surface area contributed by atoms with E-state index < -0.39 is 10.0 Å². The Morgan fingerprint density at radius 3 is 2.32 bits per heavy atom. The first-order chi connectivity index (χ1) is 11.8. The predicted molar refractivity (Wildman–Crippen MR) is 98.3 cm³/mol. The fraction of sp³-hybridized carbons (Fsp3) is 0.588. The highest BCUT2D eigenvalue weighted by Crippen LogP contribution is 2.17. The molecule has 8 heteroatoms. The van der Waals surface area contributed by atoms with Crippen LogP contribution in [0.1, 0.15) is 20.3 Å². The summed E-state index contributed by atoms with van der Waals surface area (Å²) in [5, 5.41) is 2.72. The predicted octanol–water partition coefficient (Wildman–Crippen LogP) is 1.38. The van der Waals surface area contributed by atoms with Gasteiger partial charge < -0.3 is 15.0 Å². The fourth-order valence-corrected chi connectivity index (χ4v) is 3.95. The van der Waals surface area contributed by atoms with Crippen LogP contribution in [0.15, 0.2) is 24.3 Å². The molecular formula is C17H27N3O4S. The molecule has 140 valence electrons. The average Bonchev–Trinajstić information content (AvgIpc) is 2.55. The second-order valence-electron chi connectivity index (χ2n) is 6.51. The van der Waals surface area contributed by atoms with E-state index in [0.29, 0.717) is 18.8 Å². The van der Waals surface area contributed by atoms with Crippen LogP contribution in [0, 0.1) is 0 Å². The van der Waals surface area contributed by atoms with Crippen LogP contribution in [0.2, 0.25) is 0 Å². The van der Waals surface area contributed by atoms with E-state index in [1.165, 1.54) is 4.31 Å². The minimum Gasteiger partial charge on any atom is -0.491 e. The molecule has 1 aromatic rings. The highest BCUT2D eigenvalue weighted by atomic mass is 32.2. The number of nitrogens with one attached hydrogen (secondary N) is 1. The van der Waals surface area contributed by atoms with Crippen molar-refractivity contribution in [2.24, 2.45) is 0 Å². The van der Waals surface area contributed by atoms with Gasteiger partial charge in [-0.25, -0.2) is 8.42 Å². The number of piperazine rings is 1. The van der Waals surface area contributed by atoms with Crippen LogP contribution in [-0.4, -0.2) is 68.6 Å². The summed E-state index contributed by atoms with van der Waals surface area (Å²) in [6, 6.07) is 7.03. The summed E-state index contributed by atoms with van der Waals surface area (Å²) >= 11 is 0. The molecule has 1 aliphatic heterocycles. The number of nitrogens with zero attached hydrogens (tertiary/aromatic N) is 2. The number of sulfonamides is 1. The number of amides is 1. The zero-order chi connectivity index (χ0) is 18.4. The van der Waals surface area contributed by atoms with Crippen molar-refractivity contribution in [1.82, 2.24) is 9.21 Å². The van der Waals surface area contributed by atoms with E-state index >= 15 is 0 Å². The van der Waals surface area contributed by atoms with E-state index in [-0.39, 0.29) is 24.2 Å². The van der Waals surface area contributed by atoms with Crippen molar-refractivity contribution in [3.05, 3.63) is 24.3 Å². The van der Waals surface area contributed by atoms with Gasteiger partial charge in [0, 0.05) is 38.3 Å². The molecule has 0 aromatic heterocycles. The van der Waals surface area contributed by atoms with Crippen molar-refractivity contribution < 1.29 is 17.9 Å². The monoisotopic (exact) mass is 369 g/mol. The molecule has 1 saturated heterocycles. The van der Waals surface area contributed by atoms with Crippen molar-refractivity contribution in [2.75, 3.05) is 44.3 Å². The molecule has 1 amide bonds. The van der Waals surface area contributed by atoms with Gasteiger partial charge >= 0.3 is 0 Å². The van der Waals surface area contributed by atoms with Gasteiger partial charge in [0.25, 0.3) is 0 Å². The molecular weight excluding hydrogens is 342 g/mol. The minimum absolute atomic E-state index is 0.0566. The van der Waals surface area contributed by atoms with Crippen molar-refractivity contribution in [3.63, 3.8) is 0 Å². The number of ether oxygens (including phenoxy) is 1. The lowest BCUT2D eigenvalue weighted by Gasteiger charge is -2.31. The Bertz CT molecular complexity index is 666. The third-order valence-electron chi connectivity index (χ3n) is 3.95. The van der Waals surface area contributed by atoms with Crippen molar-refractivity contribution in [3.8, 4) is 5.75 Å². The zero-order valence-corrected chi connectivity index (χ0v) is 15.9. The second-order valence-corrected chi connectivity index (χ2v) is 8.60. The summed E-state index contributed by atoms with van der Waals surface area (Å²) in [6.45, 7) is 6.29. The lowest BCUT2D eigenvalue weighted by molar-refractivity contribution is -0.115. The SMILES string of the molecule is CC(C)Oc1ccc(NC(=O)CCS(=O)(=O)N2CCN(C)CC2)cc1. The summed E-state index contributed by atoms with van der Waals surface area (Å²) < 4.78 is 31.6. The van der Waals surface area contributed by atoms with E-state index in [1.54, 1.807) is 24.3 Å². The highest BCUT2D eigenvalue weighted by Gasteiger charge is 2.26. The summed E-state index contributed by atoms with van der Waals surface area (Å²) in [6.07, 6.45) is 0.0269. The van der Waals surface area contributed by atoms with Crippen LogP contribution in [0.4, 0.5) is 5.69 Å². The van der Waals surface area contributed by atoms with Gasteiger partial charge in [0.1, 0.15) is 5.75 Å². The number of benzene rings is 1. The largest absolute Gasteiger partial charge is 0.491 e. The van der Waals surface area contributed by atoms with E-state index in [2.05, 4.69) is 10.2 Å². The molecule has 0 atom stereocenters. The summed E-state index contributed by atoms with van der Waals surface area (Å²) in [5.74, 6) is 0.248. The standard InChI is InChI=1S/C17H27N3O4S/c1-14(2)24-16-6-4-15(5-7-16)18-17(21)8-13-25(22,23)20-11-9-19(3)10-12-20/h4-7,14H,8-13H2,1-3H3,(H,18,21). The number of anilines is 1. The van der Waals surface area contributed by atoms with Gasteiger partial charge in [-0.15, -0.1) is 0 Å². The molecule has 0 saturated carbocycles. The van der Waals surface area contributed by atoms with Gasteiger partial charge in [-0.2, -0.15) is 4.31 Å². The molecule has 1 aromatic carbocycles. The smallest absolute Gasteiger partial charge is 0.225 e. The molecule has 1 fully saturated rings. The van der Waals surface area contributed by atoms with Gasteiger partial charge in [-0.3, -0.25) is 4.79 Å². The maximum Gasteiger partial charge on any atom is 0.225 e. The van der Waals surface area contributed by atoms with Crippen molar-refractivity contribution in [2.45, 2.75) is 26.4 Å². The number of carbonyl (C=O) groups is 1. The average molecular weight is 369 g/mol. The fourth-order valence-electron chi connectivity index (χ4n) is 2.53. The number of hydrogen-bond donors (Lipinski definition) is 1. The first kappa shape index (κ1) is 19.7. The molecule has 7 nitrogen and oxygen atoms in total. The third kappa shape index (κ3) is 6.30. The number of hydrogen-bond acceptors (Lipinski definition) is 5. The van der Waals surface area contributed by atoms with E-state index in [4.69, 9.17) is 4.74 Å². The Morgan fingerprint density at radius 1 is 1.16 bits per heavy atom. The van der Waals surface area contributed by atoms with Crippen LogP contribution in [0.3, 0.4) is 0 Å². The minimum atomic E-state index is -3.39. The van der Waals surface area contributed by atoms with E-state index in [9.17, 15) is 13.2 Å². The Kier molecular flexibility index (Phi) is 6.80. The summed E-state index contributed by atoms with van der Waals surface area (Å²) in [7, 11) is -1.42. The van der Waals surface area contributed by atoms with Gasteiger partial charge in [0.15, 0.2) is 0 Å². The van der Waals surface area contributed by atoms with Crippen LogP contribution >= 0.6 is 0 Å². The van der Waals surface area contributed by atoms with E-state index in [1.807, 2.05) is 20.9 Å². The molecule has 1 aliphatic rings. The second kappa shape index (κ2) is 8.64. The Morgan fingerprint density at radius 2 is 1.76 bits per heavy atom. The lowest BCUT2D eigenvalue weighted by atomic mass is 10.3. The first-order valence-electron chi connectivity index (χ1n) is 8.49. The van der Waals surface area contributed by atoms with E-state index in [0.717, 1.165) is 18.8 Å². The van der Waals surface area contributed by atoms with Crippen LogP contribution in [-0.2, 0) is 14.8 Å².